The molecule has 0 radical (unpaired) electrons. The van der Waals surface area contributed by atoms with Crippen LogP contribution in [0, 0.1) is 5.92 Å². The fourth-order valence-electron chi connectivity index (χ4n) is 2.52. The maximum atomic E-state index is 12.1. The highest BCUT2D eigenvalue weighted by atomic mass is 16.6. The van der Waals surface area contributed by atoms with E-state index in [9.17, 15) is 4.79 Å². The fourth-order valence-corrected chi connectivity index (χ4v) is 2.52. The van der Waals surface area contributed by atoms with Crippen molar-refractivity contribution in [3.05, 3.63) is 48.0 Å². The average Bonchev–Trinajstić information content (AvgIpc) is 2.79. The van der Waals surface area contributed by atoms with Crippen LogP contribution in [0.3, 0.4) is 0 Å². The second kappa shape index (κ2) is 5.91. The first kappa shape index (κ1) is 13.7. The molecule has 1 amide bonds. The second-order valence-corrected chi connectivity index (χ2v) is 5.40. The summed E-state index contributed by atoms with van der Waals surface area (Å²) in [6.45, 7) is 9.18. The third-order valence-corrected chi connectivity index (χ3v) is 3.52. The van der Waals surface area contributed by atoms with E-state index in [1.54, 1.807) is 4.90 Å². The zero-order valence-electron chi connectivity index (χ0n) is 11.6. The standard InChI is InChI=1S/C16H21NO2/c1-12(2)15-9-13(3)10-17(15)16(18)19-11-14-7-5-4-6-8-14/h4-8,13,15H,1,9-11H2,2-3H3/t13-,15+/m1/s1. The SMILES string of the molecule is C=C(C)[C@@H]1C[C@@H](C)CN1C(=O)OCc1ccccc1. The van der Waals surface area contributed by atoms with Crippen LogP contribution < -0.4 is 0 Å². The zero-order valence-corrected chi connectivity index (χ0v) is 11.6. The van der Waals surface area contributed by atoms with E-state index in [0.29, 0.717) is 12.5 Å². The first-order valence-corrected chi connectivity index (χ1v) is 6.70. The van der Waals surface area contributed by atoms with Gasteiger partial charge in [-0.2, -0.15) is 0 Å². The van der Waals surface area contributed by atoms with Crippen LogP contribution in [0.1, 0.15) is 25.8 Å². The summed E-state index contributed by atoms with van der Waals surface area (Å²) >= 11 is 0. The Morgan fingerprint density at radius 3 is 2.74 bits per heavy atom. The maximum absolute atomic E-state index is 12.1. The van der Waals surface area contributed by atoms with Gasteiger partial charge in [0.2, 0.25) is 0 Å². The molecule has 1 aromatic rings. The number of carbonyl (C=O) groups is 1. The Kier molecular flexibility index (Phi) is 4.25. The van der Waals surface area contributed by atoms with Crippen molar-refractivity contribution in [2.24, 2.45) is 5.92 Å². The van der Waals surface area contributed by atoms with Gasteiger partial charge in [0.25, 0.3) is 0 Å². The molecular formula is C16H21NO2. The lowest BCUT2D eigenvalue weighted by molar-refractivity contribution is 0.0955. The molecule has 1 aliphatic heterocycles. The lowest BCUT2D eigenvalue weighted by Crippen LogP contribution is -2.36. The number of benzene rings is 1. The Morgan fingerprint density at radius 1 is 1.42 bits per heavy atom. The van der Waals surface area contributed by atoms with Gasteiger partial charge in [0.05, 0.1) is 6.04 Å². The molecule has 3 heteroatoms. The van der Waals surface area contributed by atoms with Crippen molar-refractivity contribution in [2.45, 2.75) is 32.9 Å². The molecule has 1 aliphatic rings. The summed E-state index contributed by atoms with van der Waals surface area (Å²) in [6, 6.07) is 9.87. The van der Waals surface area contributed by atoms with Crippen molar-refractivity contribution in [3.63, 3.8) is 0 Å². The van der Waals surface area contributed by atoms with Gasteiger partial charge in [-0.25, -0.2) is 4.79 Å². The highest BCUT2D eigenvalue weighted by molar-refractivity contribution is 5.69. The van der Waals surface area contributed by atoms with E-state index < -0.39 is 0 Å². The minimum atomic E-state index is -0.235. The number of amides is 1. The predicted octanol–water partition coefficient (Wildman–Crippen LogP) is 3.61. The van der Waals surface area contributed by atoms with Crippen LogP contribution in [0.2, 0.25) is 0 Å². The van der Waals surface area contributed by atoms with E-state index in [-0.39, 0.29) is 12.1 Å². The summed E-state index contributed by atoms with van der Waals surface area (Å²) in [6.07, 6.45) is 0.747. The summed E-state index contributed by atoms with van der Waals surface area (Å²) in [5, 5.41) is 0. The van der Waals surface area contributed by atoms with Gasteiger partial charge in [-0.15, -0.1) is 0 Å². The molecule has 0 aliphatic carbocycles. The first-order chi connectivity index (χ1) is 9.08. The van der Waals surface area contributed by atoms with Crippen LogP contribution in [0.15, 0.2) is 42.5 Å². The Balaban J connectivity index is 1.94. The summed E-state index contributed by atoms with van der Waals surface area (Å²) in [4.78, 5) is 13.9. The van der Waals surface area contributed by atoms with Crippen molar-refractivity contribution in [2.75, 3.05) is 6.54 Å². The maximum Gasteiger partial charge on any atom is 0.410 e. The first-order valence-electron chi connectivity index (χ1n) is 6.70. The van der Waals surface area contributed by atoms with E-state index in [2.05, 4.69) is 13.5 Å². The van der Waals surface area contributed by atoms with Crippen molar-refractivity contribution < 1.29 is 9.53 Å². The Hall–Kier alpha value is -1.77. The summed E-state index contributed by atoms with van der Waals surface area (Å²) < 4.78 is 5.39. The molecule has 1 fully saturated rings. The molecule has 1 saturated heterocycles. The van der Waals surface area contributed by atoms with Gasteiger partial charge in [-0.1, -0.05) is 49.4 Å². The molecule has 1 aromatic carbocycles. The highest BCUT2D eigenvalue weighted by Crippen LogP contribution is 2.27. The van der Waals surface area contributed by atoms with E-state index >= 15 is 0 Å². The molecule has 0 saturated carbocycles. The normalized spacial score (nSPS) is 22.3. The Morgan fingerprint density at radius 2 is 2.11 bits per heavy atom. The molecule has 1 heterocycles. The van der Waals surface area contributed by atoms with Gasteiger partial charge in [0.1, 0.15) is 6.61 Å². The number of nitrogens with zero attached hydrogens (tertiary/aromatic N) is 1. The van der Waals surface area contributed by atoms with Gasteiger partial charge in [-0.3, -0.25) is 0 Å². The van der Waals surface area contributed by atoms with Crippen molar-refractivity contribution >= 4 is 6.09 Å². The van der Waals surface area contributed by atoms with Gasteiger partial charge in [0, 0.05) is 6.54 Å². The molecule has 102 valence electrons. The number of carbonyl (C=O) groups excluding carboxylic acids is 1. The molecule has 0 aromatic heterocycles. The smallest absolute Gasteiger partial charge is 0.410 e. The fraction of sp³-hybridized carbons (Fsp3) is 0.438. The number of hydrogen-bond acceptors (Lipinski definition) is 2. The molecule has 19 heavy (non-hydrogen) atoms. The summed E-state index contributed by atoms with van der Waals surface area (Å²) in [7, 11) is 0. The van der Waals surface area contributed by atoms with E-state index in [0.717, 1.165) is 24.1 Å². The topological polar surface area (TPSA) is 29.5 Å². The molecule has 3 nitrogen and oxygen atoms in total. The third-order valence-electron chi connectivity index (χ3n) is 3.52. The van der Waals surface area contributed by atoms with Crippen LogP contribution in [-0.2, 0) is 11.3 Å². The molecule has 0 unspecified atom stereocenters. The van der Waals surface area contributed by atoms with Crippen molar-refractivity contribution in [1.82, 2.24) is 4.90 Å². The van der Waals surface area contributed by atoms with Gasteiger partial charge >= 0.3 is 6.09 Å². The van der Waals surface area contributed by atoms with Crippen molar-refractivity contribution in [3.8, 4) is 0 Å². The summed E-state index contributed by atoms with van der Waals surface area (Å²) in [5.41, 5.74) is 2.04. The van der Waals surface area contributed by atoms with E-state index in [1.807, 2.05) is 37.3 Å². The number of rotatable bonds is 3. The molecule has 0 N–H and O–H groups in total. The van der Waals surface area contributed by atoms with Gasteiger partial charge in [0.15, 0.2) is 0 Å². The predicted molar refractivity (Wildman–Crippen MR) is 75.7 cm³/mol. The molecule has 0 spiro atoms. The van der Waals surface area contributed by atoms with Crippen LogP contribution in [-0.4, -0.2) is 23.6 Å². The van der Waals surface area contributed by atoms with Gasteiger partial charge in [-0.05, 0) is 24.8 Å². The van der Waals surface area contributed by atoms with Crippen molar-refractivity contribution in [1.29, 1.82) is 0 Å². The Labute approximate surface area is 114 Å². The number of ether oxygens (including phenoxy) is 1. The summed E-state index contributed by atoms with van der Waals surface area (Å²) in [5.74, 6) is 0.506. The lowest BCUT2D eigenvalue weighted by atomic mass is 10.0. The van der Waals surface area contributed by atoms with Crippen LogP contribution >= 0.6 is 0 Å². The Bertz CT molecular complexity index is 455. The molecule has 2 atom stereocenters. The highest BCUT2D eigenvalue weighted by Gasteiger charge is 2.34. The van der Waals surface area contributed by atoms with Crippen LogP contribution in [0.25, 0.3) is 0 Å². The van der Waals surface area contributed by atoms with Crippen LogP contribution in [0.5, 0.6) is 0 Å². The number of likely N-dealkylation sites (tertiary alicyclic amines) is 1. The van der Waals surface area contributed by atoms with Gasteiger partial charge < -0.3 is 9.64 Å². The minimum absolute atomic E-state index is 0.123. The third kappa shape index (κ3) is 3.37. The monoisotopic (exact) mass is 259 g/mol. The number of hydrogen-bond donors (Lipinski definition) is 0. The largest absolute Gasteiger partial charge is 0.445 e. The van der Waals surface area contributed by atoms with Crippen LogP contribution in [0.4, 0.5) is 4.79 Å². The van der Waals surface area contributed by atoms with E-state index in [1.165, 1.54) is 0 Å². The second-order valence-electron chi connectivity index (χ2n) is 5.40. The molecule has 2 rings (SSSR count). The quantitative estimate of drug-likeness (QED) is 0.776. The minimum Gasteiger partial charge on any atom is -0.445 e. The molecular weight excluding hydrogens is 238 g/mol. The lowest BCUT2D eigenvalue weighted by Gasteiger charge is -2.24. The molecule has 0 bridgehead atoms. The zero-order chi connectivity index (χ0) is 13.8. The van der Waals surface area contributed by atoms with E-state index in [4.69, 9.17) is 4.74 Å². The average molecular weight is 259 g/mol.